The van der Waals surface area contributed by atoms with Crippen molar-refractivity contribution in [3.05, 3.63) is 0 Å². The van der Waals surface area contributed by atoms with Crippen LogP contribution < -0.4 is 5.73 Å². The molecule has 0 unspecified atom stereocenters. The fourth-order valence-corrected chi connectivity index (χ4v) is 1.89. The lowest BCUT2D eigenvalue weighted by atomic mass is 9.93. The summed E-state index contributed by atoms with van der Waals surface area (Å²) in [6.07, 6.45) is 0.320. The SMILES string of the molecule is CCCCCC[C@@H](C(=O)OCCCC)[C@@H](N)C(F)(F)F. The fourth-order valence-electron chi connectivity index (χ4n) is 1.89. The zero-order valence-corrected chi connectivity index (χ0v) is 12.3. The minimum atomic E-state index is -4.57. The number of hydrogen-bond donors (Lipinski definition) is 1. The van der Waals surface area contributed by atoms with Gasteiger partial charge in [-0.1, -0.05) is 46.0 Å². The smallest absolute Gasteiger partial charge is 0.404 e. The number of alkyl halides is 3. The molecule has 0 saturated heterocycles. The van der Waals surface area contributed by atoms with Gasteiger partial charge in [0.15, 0.2) is 0 Å². The predicted molar refractivity (Wildman–Crippen MR) is 72.1 cm³/mol. The van der Waals surface area contributed by atoms with Gasteiger partial charge in [0, 0.05) is 0 Å². The van der Waals surface area contributed by atoms with E-state index in [-0.39, 0.29) is 13.0 Å². The van der Waals surface area contributed by atoms with E-state index >= 15 is 0 Å². The first kappa shape index (κ1) is 19.2. The molecule has 0 bridgehead atoms. The summed E-state index contributed by atoms with van der Waals surface area (Å²) in [5, 5.41) is 0. The zero-order valence-electron chi connectivity index (χ0n) is 12.3. The van der Waals surface area contributed by atoms with Gasteiger partial charge in [-0.05, 0) is 12.8 Å². The highest BCUT2D eigenvalue weighted by Crippen LogP contribution is 2.28. The van der Waals surface area contributed by atoms with Crippen LogP contribution in [0.2, 0.25) is 0 Å². The Balaban J connectivity index is 4.48. The molecule has 2 N–H and O–H groups in total. The molecule has 120 valence electrons. The molecule has 0 aromatic rings. The molecule has 0 spiro atoms. The summed E-state index contributed by atoms with van der Waals surface area (Å²) in [4.78, 5) is 11.8. The van der Waals surface area contributed by atoms with Gasteiger partial charge in [0.1, 0.15) is 6.04 Å². The number of carbonyl (C=O) groups excluding carboxylic acids is 1. The third kappa shape index (κ3) is 7.72. The lowest BCUT2D eigenvalue weighted by Gasteiger charge is -2.24. The van der Waals surface area contributed by atoms with Crippen LogP contribution in [0.4, 0.5) is 13.2 Å². The van der Waals surface area contributed by atoms with Crippen molar-refractivity contribution in [2.24, 2.45) is 11.7 Å². The summed E-state index contributed by atoms with van der Waals surface area (Å²) < 4.78 is 43.0. The average molecular weight is 297 g/mol. The van der Waals surface area contributed by atoms with Crippen LogP contribution in [0.15, 0.2) is 0 Å². The second-order valence-corrected chi connectivity index (χ2v) is 5.04. The number of unbranched alkanes of at least 4 members (excludes halogenated alkanes) is 4. The number of ether oxygens (including phenoxy) is 1. The summed E-state index contributed by atoms with van der Waals surface area (Å²) in [6.45, 7) is 4.08. The molecule has 0 aliphatic carbocycles. The summed E-state index contributed by atoms with van der Waals surface area (Å²) in [5.41, 5.74) is 5.19. The van der Waals surface area contributed by atoms with Crippen LogP contribution in [0.1, 0.15) is 58.8 Å². The van der Waals surface area contributed by atoms with Crippen molar-refractivity contribution in [1.29, 1.82) is 0 Å². The average Bonchev–Trinajstić information content (AvgIpc) is 2.37. The second-order valence-electron chi connectivity index (χ2n) is 5.04. The Kier molecular flexibility index (Phi) is 9.63. The van der Waals surface area contributed by atoms with Crippen molar-refractivity contribution in [2.75, 3.05) is 6.61 Å². The Morgan fingerprint density at radius 1 is 1.10 bits per heavy atom. The zero-order chi connectivity index (χ0) is 15.6. The fraction of sp³-hybridized carbons (Fsp3) is 0.929. The highest BCUT2D eigenvalue weighted by Gasteiger charge is 2.45. The van der Waals surface area contributed by atoms with E-state index in [1.807, 2.05) is 13.8 Å². The molecular weight excluding hydrogens is 271 g/mol. The van der Waals surface area contributed by atoms with E-state index in [1.54, 1.807) is 0 Å². The molecule has 0 radical (unpaired) electrons. The lowest BCUT2D eigenvalue weighted by Crippen LogP contribution is -2.47. The summed E-state index contributed by atoms with van der Waals surface area (Å²) in [7, 11) is 0. The quantitative estimate of drug-likeness (QED) is 0.493. The number of halogens is 3. The Hall–Kier alpha value is -0.780. The molecule has 0 aliphatic heterocycles. The third-order valence-electron chi connectivity index (χ3n) is 3.23. The van der Waals surface area contributed by atoms with E-state index in [9.17, 15) is 18.0 Å². The maximum absolute atomic E-state index is 12.7. The Morgan fingerprint density at radius 3 is 2.20 bits per heavy atom. The molecule has 0 fully saturated rings. The highest BCUT2D eigenvalue weighted by molar-refractivity contribution is 5.73. The van der Waals surface area contributed by atoms with Crippen molar-refractivity contribution in [1.82, 2.24) is 0 Å². The first-order valence-corrected chi connectivity index (χ1v) is 7.33. The predicted octanol–water partition coefficient (Wildman–Crippen LogP) is 3.81. The molecule has 0 heterocycles. The van der Waals surface area contributed by atoms with E-state index < -0.39 is 24.1 Å². The van der Waals surface area contributed by atoms with Crippen molar-refractivity contribution >= 4 is 5.97 Å². The molecule has 0 aromatic heterocycles. The number of nitrogens with two attached hydrogens (primary N) is 1. The van der Waals surface area contributed by atoms with Gasteiger partial charge < -0.3 is 10.5 Å². The van der Waals surface area contributed by atoms with Crippen LogP contribution >= 0.6 is 0 Å². The van der Waals surface area contributed by atoms with Crippen molar-refractivity contribution in [2.45, 2.75) is 71.0 Å². The van der Waals surface area contributed by atoms with E-state index in [1.165, 1.54) is 0 Å². The monoisotopic (exact) mass is 297 g/mol. The molecule has 0 amide bonds. The minimum Gasteiger partial charge on any atom is -0.465 e. The van der Waals surface area contributed by atoms with Crippen LogP contribution in [-0.4, -0.2) is 24.8 Å². The van der Waals surface area contributed by atoms with Crippen LogP contribution in [0.5, 0.6) is 0 Å². The molecule has 3 nitrogen and oxygen atoms in total. The third-order valence-corrected chi connectivity index (χ3v) is 3.23. The number of carbonyl (C=O) groups is 1. The van der Waals surface area contributed by atoms with E-state index in [0.717, 1.165) is 25.7 Å². The number of rotatable bonds is 10. The van der Waals surface area contributed by atoms with E-state index in [0.29, 0.717) is 12.8 Å². The maximum Gasteiger partial charge on any atom is 0.404 e. The number of hydrogen-bond acceptors (Lipinski definition) is 3. The first-order valence-electron chi connectivity index (χ1n) is 7.33. The standard InChI is InChI=1S/C14H26F3NO2/c1-3-5-7-8-9-11(12(18)14(15,16)17)13(19)20-10-6-4-2/h11-12H,3-10,18H2,1-2H3/t11-,12-/m1/s1. The largest absolute Gasteiger partial charge is 0.465 e. The first-order chi connectivity index (χ1) is 9.34. The Labute approximate surface area is 119 Å². The second kappa shape index (κ2) is 10.0. The van der Waals surface area contributed by atoms with E-state index in [2.05, 4.69) is 0 Å². The van der Waals surface area contributed by atoms with Gasteiger partial charge in [0.2, 0.25) is 0 Å². The summed E-state index contributed by atoms with van der Waals surface area (Å²) >= 11 is 0. The number of esters is 1. The van der Waals surface area contributed by atoms with Gasteiger partial charge in [-0.3, -0.25) is 4.79 Å². The van der Waals surface area contributed by atoms with Crippen molar-refractivity contribution in [3.8, 4) is 0 Å². The Bertz CT molecular complexity index is 270. The molecule has 20 heavy (non-hydrogen) atoms. The van der Waals surface area contributed by atoms with Crippen LogP contribution in [0.25, 0.3) is 0 Å². The van der Waals surface area contributed by atoms with Gasteiger partial charge in [-0.15, -0.1) is 0 Å². The van der Waals surface area contributed by atoms with Crippen molar-refractivity contribution in [3.63, 3.8) is 0 Å². The van der Waals surface area contributed by atoms with E-state index in [4.69, 9.17) is 10.5 Å². The van der Waals surface area contributed by atoms with Crippen LogP contribution in [0.3, 0.4) is 0 Å². The molecule has 0 aromatic carbocycles. The van der Waals surface area contributed by atoms with Gasteiger partial charge in [0.25, 0.3) is 0 Å². The highest BCUT2D eigenvalue weighted by atomic mass is 19.4. The normalized spacial score (nSPS) is 14.9. The lowest BCUT2D eigenvalue weighted by molar-refractivity contribution is -0.177. The molecule has 0 saturated carbocycles. The Morgan fingerprint density at radius 2 is 1.70 bits per heavy atom. The molecule has 0 rings (SSSR count). The molecule has 6 heteroatoms. The summed E-state index contributed by atoms with van der Waals surface area (Å²) in [6, 6.07) is -2.14. The topological polar surface area (TPSA) is 52.3 Å². The van der Waals surface area contributed by atoms with Crippen LogP contribution in [-0.2, 0) is 9.53 Å². The molecule has 2 atom stereocenters. The summed E-state index contributed by atoms with van der Waals surface area (Å²) in [5.74, 6) is -2.11. The van der Waals surface area contributed by atoms with Gasteiger partial charge in [-0.2, -0.15) is 13.2 Å². The van der Waals surface area contributed by atoms with Crippen LogP contribution in [0, 0.1) is 5.92 Å². The van der Waals surface area contributed by atoms with Gasteiger partial charge in [-0.25, -0.2) is 0 Å². The molecule has 0 aliphatic rings. The molecular formula is C14H26F3NO2. The minimum absolute atomic E-state index is 0.131. The maximum atomic E-state index is 12.7. The van der Waals surface area contributed by atoms with Crippen molar-refractivity contribution < 1.29 is 22.7 Å². The van der Waals surface area contributed by atoms with Gasteiger partial charge in [0.05, 0.1) is 12.5 Å². The van der Waals surface area contributed by atoms with Gasteiger partial charge >= 0.3 is 12.1 Å².